The quantitative estimate of drug-likeness (QED) is 0.487. The number of Topliss-reactive ketones (excluding diaryl/α,β-unsaturated/α-hetero) is 1. The van der Waals surface area contributed by atoms with Crippen molar-refractivity contribution in [2.24, 2.45) is 11.8 Å². The first-order valence-corrected chi connectivity index (χ1v) is 10.4. The van der Waals surface area contributed by atoms with Crippen molar-refractivity contribution in [2.75, 3.05) is 24.9 Å². The maximum atomic E-state index is 12.4. The van der Waals surface area contributed by atoms with Gasteiger partial charge in [0.25, 0.3) is 0 Å². The highest BCUT2D eigenvalue weighted by Gasteiger charge is 2.24. The molecule has 0 saturated heterocycles. The normalized spacial score (nSPS) is 10.8. The van der Waals surface area contributed by atoms with Crippen LogP contribution in [0.15, 0.2) is 12.3 Å². The van der Waals surface area contributed by atoms with E-state index in [9.17, 15) is 19.5 Å². The Bertz CT molecular complexity index is 1070. The van der Waals surface area contributed by atoms with Crippen molar-refractivity contribution in [1.29, 1.82) is 0 Å². The van der Waals surface area contributed by atoms with E-state index in [1.165, 1.54) is 27.3 Å². The molecule has 10 nitrogen and oxygen atoms in total. The van der Waals surface area contributed by atoms with Crippen molar-refractivity contribution in [1.82, 2.24) is 9.97 Å². The number of hydrogen-bond acceptors (Lipinski definition) is 8. The summed E-state index contributed by atoms with van der Waals surface area (Å²) in [5.74, 6) is -1.36. The second-order valence-corrected chi connectivity index (χ2v) is 8.08. The van der Waals surface area contributed by atoms with E-state index in [-0.39, 0.29) is 70.4 Å². The molecule has 1 aromatic carbocycles. The van der Waals surface area contributed by atoms with E-state index in [4.69, 9.17) is 9.47 Å². The van der Waals surface area contributed by atoms with Gasteiger partial charge in [0, 0.05) is 30.0 Å². The van der Waals surface area contributed by atoms with E-state index < -0.39 is 0 Å². The van der Waals surface area contributed by atoms with Crippen LogP contribution in [0.5, 0.6) is 17.2 Å². The first-order chi connectivity index (χ1) is 15.5. The number of rotatable bonds is 9. The molecule has 2 amide bonds. The molecule has 33 heavy (non-hydrogen) atoms. The lowest BCUT2D eigenvalue weighted by molar-refractivity contribution is -0.119. The SMILES string of the molecule is COc1cc(Cc2cnc(NC(=O)C(C)C)nc2NC(=O)C(C)C)c(C(C)=O)c(O)c1OC. The van der Waals surface area contributed by atoms with Gasteiger partial charge in [-0.25, -0.2) is 4.98 Å². The highest BCUT2D eigenvalue weighted by Crippen LogP contribution is 2.42. The summed E-state index contributed by atoms with van der Waals surface area (Å²) < 4.78 is 10.5. The molecule has 0 saturated carbocycles. The Balaban J connectivity index is 2.59. The van der Waals surface area contributed by atoms with Crippen LogP contribution in [0, 0.1) is 11.8 Å². The lowest BCUT2D eigenvalue weighted by atomic mass is 9.96. The summed E-state index contributed by atoms with van der Waals surface area (Å²) >= 11 is 0. The highest BCUT2D eigenvalue weighted by molar-refractivity contribution is 6.00. The molecule has 1 heterocycles. The Kier molecular flexibility index (Phi) is 8.33. The molecule has 178 valence electrons. The van der Waals surface area contributed by atoms with Crippen molar-refractivity contribution in [3.05, 3.63) is 29.0 Å². The number of nitrogens with zero attached hydrogens (tertiary/aromatic N) is 2. The number of methoxy groups -OCH3 is 2. The van der Waals surface area contributed by atoms with Crippen LogP contribution in [0.2, 0.25) is 0 Å². The molecule has 0 aliphatic rings. The molecule has 0 fully saturated rings. The first kappa shape index (κ1) is 25.6. The Morgan fingerprint density at radius 1 is 1.00 bits per heavy atom. The summed E-state index contributed by atoms with van der Waals surface area (Å²) in [6.07, 6.45) is 1.55. The largest absolute Gasteiger partial charge is 0.504 e. The summed E-state index contributed by atoms with van der Waals surface area (Å²) in [7, 11) is 2.77. The minimum atomic E-state index is -0.377. The number of ether oxygens (including phenoxy) is 2. The number of carbonyl (C=O) groups is 3. The molecule has 2 aromatic rings. The molecule has 0 aliphatic heterocycles. The monoisotopic (exact) mass is 458 g/mol. The molecule has 0 bridgehead atoms. The summed E-state index contributed by atoms with van der Waals surface area (Å²) in [5, 5.41) is 16.0. The van der Waals surface area contributed by atoms with E-state index in [1.807, 2.05) is 0 Å². The van der Waals surface area contributed by atoms with E-state index in [0.29, 0.717) is 11.1 Å². The number of aromatic nitrogens is 2. The molecule has 3 N–H and O–H groups in total. The number of carbonyl (C=O) groups excluding carboxylic acids is 3. The van der Waals surface area contributed by atoms with Gasteiger partial charge >= 0.3 is 0 Å². The summed E-state index contributed by atoms with van der Waals surface area (Å²) in [6.45, 7) is 8.26. The van der Waals surface area contributed by atoms with Gasteiger partial charge in [-0.2, -0.15) is 4.98 Å². The third-order valence-corrected chi connectivity index (χ3v) is 4.85. The number of nitrogens with one attached hydrogen (secondary N) is 2. The van der Waals surface area contributed by atoms with Gasteiger partial charge in [0.1, 0.15) is 5.82 Å². The van der Waals surface area contributed by atoms with Crippen molar-refractivity contribution >= 4 is 29.4 Å². The van der Waals surface area contributed by atoms with Gasteiger partial charge in [0.2, 0.25) is 23.5 Å². The molecule has 0 spiro atoms. The minimum Gasteiger partial charge on any atom is -0.504 e. The molecule has 0 aliphatic carbocycles. The Labute approximate surface area is 192 Å². The maximum absolute atomic E-state index is 12.4. The molecule has 1 aromatic heterocycles. The molecular weight excluding hydrogens is 428 g/mol. The topological polar surface area (TPSA) is 140 Å². The van der Waals surface area contributed by atoms with Crippen molar-refractivity contribution in [3.63, 3.8) is 0 Å². The van der Waals surface area contributed by atoms with Crippen LogP contribution < -0.4 is 20.1 Å². The summed E-state index contributed by atoms with van der Waals surface area (Å²) in [5.41, 5.74) is 0.965. The number of hydrogen-bond donors (Lipinski definition) is 3. The van der Waals surface area contributed by atoms with Crippen LogP contribution in [0.25, 0.3) is 0 Å². The molecule has 0 unspecified atom stereocenters. The fourth-order valence-electron chi connectivity index (χ4n) is 2.98. The van der Waals surface area contributed by atoms with E-state index in [2.05, 4.69) is 20.6 Å². The first-order valence-electron chi connectivity index (χ1n) is 10.4. The van der Waals surface area contributed by atoms with E-state index in [0.717, 1.165) is 0 Å². The molecule has 10 heteroatoms. The van der Waals surface area contributed by atoms with Gasteiger partial charge in [0.05, 0.1) is 19.8 Å². The summed E-state index contributed by atoms with van der Waals surface area (Å²) in [4.78, 5) is 45.3. The third kappa shape index (κ3) is 5.97. The smallest absolute Gasteiger partial charge is 0.231 e. The van der Waals surface area contributed by atoms with Crippen LogP contribution >= 0.6 is 0 Å². The molecule has 0 radical (unpaired) electrons. The van der Waals surface area contributed by atoms with E-state index in [1.54, 1.807) is 33.8 Å². The zero-order valence-electron chi connectivity index (χ0n) is 19.9. The maximum Gasteiger partial charge on any atom is 0.231 e. The van der Waals surface area contributed by atoms with E-state index >= 15 is 0 Å². The van der Waals surface area contributed by atoms with Crippen molar-refractivity contribution in [3.8, 4) is 17.2 Å². The second-order valence-electron chi connectivity index (χ2n) is 8.08. The minimum absolute atomic E-state index is 0.0402. The fourth-order valence-corrected chi connectivity index (χ4v) is 2.98. The zero-order chi connectivity index (χ0) is 24.9. The molecular formula is C23H30N4O6. The van der Waals surface area contributed by atoms with Gasteiger partial charge < -0.3 is 19.9 Å². The van der Waals surface area contributed by atoms with Crippen LogP contribution in [0.3, 0.4) is 0 Å². The van der Waals surface area contributed by atoms with Crippen LogP contribution in [0.4, 0.5) is 11.8 Å². The van der Waals surface area contributed by atoms with Gasteiger partial charge in [0.15, 0.2) is 17.3 Å². The van der Waals surface area contributed by atoms with Gasteiger partial charge in [-0.05, 0) is 18.6 Å². The molecule has 0 atom stereocenters. The zero-order valence-corrected chi connectivity index (χ0v) is 19.9. The van der Waals surface area contributed by atoms with Crippen LogP contribution in [-0.4, -0.2) is 46.9 Å². The lowest BCUT2D eigenvalue weighted by Crippen LogP contribution is -2.23. The Hall–Kier alpha value is -3.69. The molecule has 2 rings (SSSR count). The standard InChI is InChI=1S/C23H30N4O6/c1-11(2)21(30)25-20-15(10-24-23(26-20)27-22(31)12(3)4)8-14-9-16(32-6)19(33-7)18(29)17(14)13(5)28/h9-12,29H,8H2,1-7H3,(H2,24,25,26,27,30,31). The predicted molar refractivity (Wildman–Crippen MR) is 123 cm³/mol. The average molecular weight is 459 g/mol. The van der Waals surface area contributed by atoms with Crippen LogP contribution in [-0.2, 0) is 16.0 Å². The van der Waals surface area contributed by atoms with Gasteiger partial charge in [-0.3, -0.25) is 19.7 Å². The number of amides is 2. The Morgan fingerprint density at radius 3 is 2.12 bits per heavy atom. The number of ketones is 1. The number of phenols is 1. The average Bonchev–Trinajstić information content (AvgIpc) is 2.74. The summed E-state index contributed by atoms with van der Waals surface area (Å²) in [6, 6.07) is 1.58. The second kappa shape index (κ2) is 10.8. The Morgan fingerprint density at radius 2 is 1.61 bits per heavy atom. The van der Waals surface area contributed by atoms with Gasteiger partial charge in [-0.15, -0.1) is 0 Å². The number of phenolic OH excluding ortho intramolecular Hbond substituents is 1. The van der Waals surface area contributed by atoms with Crippen molar-refractivity contribution in [2.45, 2.75) is 41.0 Å². The highest BCUT2D eigenvalue weighted by atomic mass is 16.5. The third-order valence-electron chi connectivity index (χ3n) is 4.85. The number of benzene rings is 1. The van der Waals surface area contributed by atoms with Gasteiger partial charge in [-0.1, -0.05) is 27.7 Å². The number of aromatic hydroxyl groups is 1. The lowest BCUT2D eigenvalue weighted by Gasteiger charge is -2.18. The predicted octanol–water partition coefficient (Wildman–Crippen LogP) is 3.18. The fraction of sp³-hybridized carbons (Fsp3) is 0.435. The number of anilines is 2. The van der Waals surface area contributed by atoms with Crippen LogP contribution in [0.1, 0.15) is 56.1 Å². The van der Waals surface area contributed by atoms with Crippen molar-refractivity contribution < 1.29 is 29.0 Å².